The van der Waals surface area contributed by atoms with Crippen LogP contribution in [0.4, 0.5) is 17.1 Å². The zero-order valence-electron chi connectivity index (χ0n) is 18.3. The number of halogens is 1. The fraction of sp³-hybridized carbons (Fsp3) is 0.611. The maximum Gasteiger partial charge on any atom is 0.300 e. The Hall–Kier alpha value is -2.36. The Labute approximate surface area is 199 Å². The molecule has 13 nitrogen and oxygen atoms in total. The Morgan fingerprint density at radius 2 is 1.82 bits per heavy atom. The number of hydrogen-bond donors (Lipinski definition) is 1. The molecule has 33 heavy (non-hydrogen) atoms. The molecule has 0 aliphatic heterocycles. The van der Waals surface area contributed by atoms with Crippen molar-refractivity contribution < 1.29 is 32.3 Å². The largest absolute Gasteiger partial charge is 0.396 e. The predicted octanol–water partition coefficient (Wildman–Crippen LogP) is 1.92. The first-order chi connectivity index (χ1) is 15.5. The molecule has 15 heteroatoms. The van der Waals surface area contributed by atoms with Crippen LogP contribution in [0.3, 0.4) is 0 Å². The monoisotopic (exact) mass is 554 g/mol. The van der Waals surface area contributed by atoms with Crippen molar-refractivity contribution in [2.24, 2.45) is 0 Å². The number of aliphatic hydroxyl groups is 1. The van der Waals surface area contributed by atoms with Gasteiger partial charge in [0.15, 0.2) is 0 Å². The van der Waals surface area contributed by atoms with Crippen molar-refractivity contribution in [1.82, 2.24) is 4.90 Å². The molecular formula is C18H27BrN4O9S. The molecule has 0 saturated carbocycles. The van der Waals surface area contributed by atoms with Crippen LogP contribution < -0.4 is 4.90 Å². The maximum atomic E-state index is 13.3. The molecule has 0 aliphatic carbocycles. The summed E-state index contributed by atoms with van der Waals surface area (Å²) in [5.74, 6) is -0.652. The highest BCUT2D eigenvalue weighted by atomic mass is 79.9. The molecule has 0 aliphatic rings. The summed E-state index contributed by atoms with van der Waals surface area (Å²) < 4.78 is 27.4. The van der Waals surface area contributed by atoms with E-state index in [0.717, 1.165) is 18.4 Å². The molecule has 0 unspecified atom stereocenters. The van der Waals surface area contributed by atoms with E-state index in [1.165, 1.54) is 9.80 Å². The summed E-state index contributed by atoms with van der Waals surface area (Å²) in [5, 5.41) is 32.5. The number of amides is 1. The van der Waals surface area contributed by atoms with E-state index in [2.05, 4.69) is 15.9 Å². The van der Waals surface area contributed by atoms with E-state index in [4.69, 9.17) is 9.29 Å². The second-order valence-electron chi connectivity index (χ2n) is 6.89. The van der Waals surface area contributed by atoms with Gasteiger partial charge in [0.05, 0.1) is 34.3 Å². The van der Waals surface area contributed by atoms with Gasteiger partial charge in [0.25, 0.3) is 27.4 Å². The molecule has 1 amide bonds. The molecule has 1 N–H and O–H groups in total. The molecule has 1 aromatic carbocycles. The second-order valence-corrected chi connectivity index (χ2v) is 9.33. The lowest BCUT2D eigenvalue weighted by molar-refractivity contribution is -0.393. The van der Waals surface area contributed by atoms with Crippen molar-refractivity contribution >= 4 is 49.0 Å². The number of rotatable bonds is 15. The van der Waals surface area contributed by atoms with Gasteiger partial charge in [-0.3, -0.25) is 29.2 Å². The van der Waals surface area contributed by atoms with Crippen molar-refractivity contribution in [3.8, 4) is 0 Å². The number of alkyl halides is 1. The summed E-state index contributed by atoms with van der Waals surface area (Å²) in [6.07, 6.45) is 1.76. The maximum absolute atomic E-state index is 13.3. The van der Waals surface area contributed by atoms with Crippen molar-refractivity contribution in [2.45, 2.75) is 19.8 Å². The van der Waals surface area contributed by atoms with Crippen LogP contribution in [0.1, 0.15) is 30.1 Å². The smallest absolute Gasteiger partial charge is 0.300 e. The van der Waals surface area contributed by atoms with E-state index in [9.17, 15) is 33.4 Å². The Morgan fingerprint density at radius 3 is 2.30 bits per heavy atom. The zero-order valence-corrected chi connectivity index (χ0v) is 20.7. The van der Waals surface area contributed by atoms with Gasteiger partial charge in [-0.05, 0) is 19.8 Å². The first kappa shape index (κ1) is 28.7. The summed E-state index contributed by atoms with van der Waals surface area (Å²) in [6, 6.07) is 1.75. The molecule has 0 fully saturated rings. The van der Waals surface area contributed by atoms with Gasteiger partial charge in [-0.25, -0.2) is 0 Å². The minimum Gasteiger partial charge on any atom is -0.396 e. The Balaban J connectivity index is 3.63. The lowest BCUT2D eigenvalue weighted by atomic mass is 10.1. The number of non-ortho nitro benzene ring substituents is 1. The van der Waals surface area contributed by atoms with Crippen molar-refractivity contribution in [2.75, 3.05) is 55.9 Å². The third-order valence-electron chi connectivity index (χ3n) is 4.55. The summed E-state index contributed by atoms with van der Waals surface area (Å²) in [6.45, 7) is 1.74. The topological polar surface area (TPSA) is 173 Å². The molecule has 0 bridgehead atoms. The van der Waals surface area contributed by atoms with Gasteiger partial charge in [-0.2, -0.15) is 8.42 Å². The van der Waals surface area contributed by atoms with Gasteiger partial charge in [-0.1, -0.05) is 15.9 Å². The number of unbranched alkanes of at least 4 members (excludes halogenated alkanes) is 1. The van der Waals surface area contributed by atoms with Crippen LogP contribution in [0.2, 0.25) is 0 Å². The van der Waals surface area contributed by atoms with Crippen molar-refractivity contribution in [3.63, 3.8) is 0 Å². The number of carbonyl (C=O) groups is 1. The van der Waals surface area contributed by atoms with Crippen LogP contribution in [-0.4, -0.2) is 85.2 Å². The second kappa shape index (κ2) is 13.4. The van der Waals surface area contributed by atoms with E-state index in [0.29, 0.717) is 18.2 Å². The lowest BCUT2D eigenvalue weighted by Gasteiger charge is -2.28. The number of nitro groups is 2. The summed E-state index contributed by atoms with van der Waals surface area (Å²) in [7, 11) is -3.78. The molecular weight excluding hydrogens is 528 g/mol. The number of hydrogen-bond acceptors (Lipinski definition) is 10. The van der Waals surface area contributed by atoms with Crippen LogP contribution in [0, 0.1) is 20.2 Å². The van der Waals surface area contributed by atoms with Crippen molar-refractivity contribution in [1.29, 1.82) is 0 Å². The van der Waals surface area contributed by atoms with Crippen LogP contribution in [0.5, 0.6) is 0 Å². The highest BCUT2D eigenvalue weighted by Gasteiger charge is 2.32. The standard InChI is InChI=1S/C18H27BrN4O9S/c1-3-20(7-4-5-10-24)18(25)15-12-14(22(26)27)13-16(23(28)29)17(15)21(8-6-19)9-11-32-33(2,30)31/h12-13,24H,3-11H2,1-2H3. The van der Waals surface area contributed by atoms with E-state index in [1.807, 2.05) is 0 Å². The quantitative estimate of drug-likeness (QED) is 0.111. The van der Waals surface area contributed by atoms with Gasteiger partial charge in [0, 0.05) is 44.2 Å². The van der Waals surface area contributed by atoms with E-state index in [-0.39, 0.29) is 50.6 Å². The van der Waals surface area contributed by atoms with Gasteiger partial charge < -0.3 is 14.9 Å². The molecule has 0 saturated heterocycles. The minimum atomic E-state index is -3.78. The predicted molar refractivity (Wildman–Crippen MR) is 124 cm³/mol. The number of carbonyl (C=O) groups excluding carboxylic acids is 1. The van der Waals surface area contributed by atoms with E-state index < -0.39 is 37.2 Å². The highest BCUT2D eigenvalue weighted by molar-refractivity contribution is 9.09. The minimum absolute atomic E-state index is 0.0708. The average Bonchev–Trinajstić information content (AvgIpc) is 2.74. The Morgan fingerprint density at radius 1 is 1.15 bits per heavy atom. The Kier molecular flexibility index (Phi) is 11.6. The summed E-state index contributed by atoms with van der Waals surface area (Å²) >= 11 is 3.23. The number of benzene rings is 1. The van der Waals surface area contributed by atoms with Gasteiger partial charge in [-0.15, -0.1) is 0 Å². The number of nitrogens with zero attached hydrogens (tertiary/aromatic N) is 4. The van der Waals surface area contributed by atoms with Crippen LogP contribution in [-0.2, 0) is 14.3 Å². The normalized spacial score (nSPS) is 11.3. The highest BCUT2D eigenvalue weighted by Crippen LogP contribution is 2.37. The van der Waals surface area contributed by atoms with E-state index >= 15 is 0 Å². The third-order valence-corrected chi connectivity index (χ3v) is 5.50. The number of aliphatic hydroxyl groups excluding tert-OH is 1. The fourth-order valence-corrected chi connectivity index (χ4v) is 3.87. The Bertz CT molecular complexity index is 958. The summed E-state index contributed by atoms with van der Waals surface area (Å²) in [4.78, 5) is 37.7. The van der Waals surface area contributed by atoms with Gasteiger partial charge in [0.1, 0.15) is 5.69 Å². The van der Waals surface area contributed by atoms with Crippen LogP contribution in [0.25, 0.3) is 0 Å². The van der Waals surface area contributed by atoms with Gasteiger partial charge >= 0.3 is 0 Å². The zero-order chi connectivity index (χ0) is 25.2. The average molecular weight is 555 g/mol. The number of anilines is 1. The van der Waals surface area contributed by atoms with Crippen LogP contribution in [0.15, 0.2) is 12.1 Å². The molecule has 1 aromatic rings. The van der Waals surface area contributed by atoms with E-state index in [1.54, 1.807) is 6.92 Å². The first-order valence-corrected chi connectivity index (χ1v) is 12.9. The molecule has 186 valence electrons. The third kappa shape index (κ3) is 8.83. The fourth-order valence-electron chi connectivity index (χ4n) is 3.07. The first-order valence-electron chi connectivity index (χ1n) is 9.99. The summed E-state index contributed by atoms with van der Waals surface area (Å²) in [5.41, 5.74) is -1.68. The van der Waals surface area contributed by atoms with Crippen molar-refractivity contribution in [3.05, 3.63) is 37.9 Å². The van der Waals surface area contributed by atoms with Gasteiger partial charge in [0.2, 0.25) is 0 Å². The molecule has 0 radical (unpaired) electrons. The lowest BCUT2D eigenvalue weighted by Crippen LogP contribution is -2.36. The molecule has 0 heterocycles. The number of nitro benzene ring substituents is 2. The molecule has 0 spiro atoms. The molecule has 0 aromatic heterocycles. The molecule has 1 rings (SSSR count). The molecule has 0 atom stereocenters. The SMILES string of the molecule is CCN(CCCCO)C(=O)c1cc([N+](=O)[O-])cc([N+](=O)[O-])c1N(CCBr)CCOS(C)(=O)=O. The van der Waals surface area contributed by atoms with Crippen LogP contribution >= 0.6 is 15.9 Å².